The number of ether oxygens (including phenoxy) is 3. The van der Waals surface area contributed by atoms with Gasteiger partial charge in [-0.2, -0.15) is 0 Å². The van der Waals surface area contributed by atoms with Crippen LogP contribution < -0.4 is 4.74 Å². The zero-order valence-electron chi connectivity index (χ0n) is 13.4. The lowest BCUT2D eigenvalue weighted by atomic mass is 10.1. The summed E-state index contributed by atoms with van der Waals surface area (Å²) in [7, 11) is 0.0150. The first-order valence-electron chi connectivity index (χ1n) is 7.99. The summed E-state index contributed by atoms with van der Waals surface area (Å²) in [5.41, 5.74) is 0. The van der Waals surface area contributed by atoms with E-state index in [1.807, 2.05) is 19.1 Å². The second-order valence-electron chi connectivity index (χ2n) is 5.34. The van der Waals surface area contributed by atoms with Gasteiger partial charge in [-0.3, -0.25) is 0 Å². The van der Waals surface area contributed by atoms with Crippen molar-refractivity contribution in [3.8, 4) is 5.75 Å². The zero-order valence-corrected chi connectivity index (χ0v) is 14.2. The average molecular weight is 335 g/mol. The Bertz CT molecular complexity index is 646. The molecule has 2 atom stereocenters. The third-order valence-electron chi connectivity index (χ3n) is 3.83. The van der Waals surface area contributed by atoms with Crippen molar-refractivity contribution in [3.63, 3.8) is 0 Å². The van der Waals surface area contributed by atoms with E-state index in [1.165, 1.54) is 10.3 Å². The number of benzene rings is 2. The summed E-state index contributed by atoms with van der Waals surface area (Å²) >= 11 is 0. The average Bonchev–Trinajstić information content (AvgIpc) is 2.58. The Hall–Kier alpha value is -1.27. The highest BCUT2D eigenvalue weighted by Gasteiger charge is 2.32. The van der Waals surface area contributed by atoms with Gasteiger partial charge >= 0.3 is 0 Å². The molecule has 2 aromatic carbocycles. The molecule has 1 aliphatic heterocycles. The molecule has 124 valence electrons. The third-order valence-corrected chi connectivity index (χ3v) is 6.15. The minimum atomic E-state index is -0.645. The van der Waals surface area contributed by atoms with Crippen LogP contribution in [0.25, 0.3) is 10.8 Å². The van der Waals surface area contributed by atoms with E-state index in [-0.39, 0.29) is 10.9 Å². The Balaban J connectivity index is 1.86. The standard InChI is InChI=1S/C18H23O4S/c1-2-20-9-10-21-16-7-8-17(15-6-4-3-5-14(15)16)23-12-11-22-18(19)13-23/h3-8,18-19H,2,9-13H2,1H3/q+1. The summed E-state index contributed by atoms with van der Waals surface area (Å²) in [6.45, 7) is 4.45. The van der Waals surface area contributed by atoms with Crippen LogP contribution in [-0.4, -0.2) is 49.3 Å². The molecule has 1 N–H and O–H groups in total. The SMILES string of the molecule is CCOCCOc1ccc([S+]2CCOC(O)C2)c2ccccc12. The van der Waals surface area contributed by atoms with Gasteiger partial charge in [0.2, 0.25) is 6.29 Å². The van der Waals surface area contributed by atoms with Crippen molar-refractivity contribution in [1.29, 1.82) is 0 Å². The Morgan fingerprint density at radius 2 is 2.00 bits per heavy atom. The van der Waals surface area contributed by atoms with E-state index in [0.717, 1.165) is 16.9 Å². The van der Waals surface area contributed by atoms with Crippen LogP contribution in [0.5, 0.6) is 5.75 Å². The number of aliphatic hydroxyl groups is 1. The van der Waals surface area contributed by atoms with Crippen LogP contribution in [0.15, 0.2) is 41.3 Å². The highest BCUT2D eigenvalue weighted by atomic mass is 32.2. The van der Waals surface area contributed by atoms with Crippen LogP contribution in [0, 0.1) is 0 Å². The quantitative estimate of drug-likeness (QED) is 0.651. The van der Waals surface area contributed by atoms with Crippen LogP contribution in [0.2, 0.25) is 0 Å². The van der Waals surface area contributed by atoms with E-state index in [2.05, 4.69) is 24.3 Å². The second kappa shape index (κ2) is 8.02. The van der Waals surface area contributed by atoms with E-state index in [0.29, 0.717) is 32.2 Å². The summed E-state index contributed by atoms with van der Waals surface area (Å²) in [4.78, 5) is 1.29. The highest BCUT2D eigenvalue weighted by molar-refractivity contribution is 7.97. The molecule has 0 aliphatic carbocycles. The van der Waals surface area contributed by atoms with Gasteiger partial charge in [0.1, 0.15) is 18.1 Å². The lowest BCUT2D eigenvalue weighted by molar-refractivity contribution is -0.0806. The van der Waals surface area contributed by atoms with Gasteiger partial charge in [-0.1, -0.05) is 18.2 Å². The lowest BCUT2D eigenvalue weighted by Gasteiger charge is -2.20. The predicted octanol–water partition coefficient (Wildman–Crippen LogP) is 2.58. The molecule has 23 heavy (non-hydrogen) atoms. The topological polar surface area (TPSA) is 47.9 Å². The van der Waals surface area contributed by atoms with Gasteiger partial charge < -0.3 is 19.3 Å². The first-order chi connectivity index (χ1) is 11.3. The first kappa shape index (κ1) is 16.6. The summed E-state index contributed by atoms with van der Waals surface area (Å²) in [5.74, 6) is 2.53. The van der Waals surface area contributed by atoms with Gasteiger partial charge in [0.15, 0.2) is 10.6 Å². The van der Waals surface area contributed by atoms with E-state index in [9.17, 15) is 5.11 Å². The minimum Gasteiger partial charge on any atom is -0.491 e. The Kier molecular flexibility index (Phi) is 5.78. The molecule has 2 unspecified atom stereocenters. The van der Waals surface area contributed by atoms with Gasteiger partial charge in [-0.25, -0.2) is 0 Å². The second-order valence-corrected chi connectivity index (χ2v) is 7.51. The van der Waals surface area contributed by atoms with Crippen LogP contribution >= 0.6 is 0 Å². The fourth-order valence-electron chi connectivity index (χ4n) is 2.76. The van der Waals surface area contributed by atoms with Crippen LogP contribution in [0.1, 0.15) is 6.92 Å². The number of fused-ring (bicyclic) bond motifs is 1. The van der Waals surface area contributed by atoms with E-state index in [4.69, 9.17) is 14.2 Å². The van der Waals surface area contributed by atoms with Crippen molar-refractivity contribution in [2.45, 2.75) is 18.1 Å². The molecule has 3 rings (SSSR count). The Morgan fingerprint density at radius 3 is 2.78 bits per heavy atom. The van der Waals surface area contributed by atoms with Crippen LogP contribution in [0.4, 0.5) is 0 Å². The summed E-state index contributed by atoms with van der Waals surface area (Å²) < 4.78 is 16.5. The maximum atomic E-state index is 9.78. The van der Waals surface area contributed by atoms with Crippen LogP contribution in [0.3, 0.4) is 0 Å². The molecule has 1 fully saturated rings. The van der Waals surface area contributed by atoms with Crippen LogP contribution in [-0.2, 0) is 20.4 Å². The predicted molar refractivity (Wildman–Crippen MR) is 93.3 cm³/mol. The molecule has 0 spiro atoms. The van der Waals surface area contributed by atoms with Crippen molar-refractivity contribution in [2.24, 2.45) is 0 Å². The molecule has 0 bridgehead atoms. The Morgan fingerprint density at radius 1 is 1.17 bits per heavy atom. The van der Waals surface area contributed by atoms with Crippen molar-refractivity contribution in [3.05, 3.63) is 36.4 Å². The lowest BCUT2D eigenvalue weighted by Crippen LogP contribution is -2.34. The molecule has 0 amide bonds. The number of hydrogen-bond donors (Lipinski definition) is 1. The summed E-state index contributed by atoms with van der Waals surface area (Å²) in [5, 5.41) is 12.1. The molecular formula is C18H23O4S+. The van der Waals surface area contributed by atoms with E-state index >= 15 is 0 Å². The Labute approximate surface area is 139 Å². The first-order valence-corrected chi connectivity index (χ1v) is 9.55. The van der Waals surface area contributed by atoms with E-state index in [1.54, 1.807) is 0 Å². The normalized spacial score (nSPS) is 21.5. The van der Waals surface area contributed by atoms with Gasteiger partial charge in [0, 0.05) is 28.3 Å². The fraction of sp³-hybridized carbons (Fsp3) is 0.444. The van der Waals surface area contributed by atoms with Crippen molar-refractivity contribution < 1.29 is 19.3 Å². The van der Waals surface area contributed by atoms with Gasteiger partial charge in [-0.15, -0.1) is 0 Å². The minimum absolute atomic E-state index is 0.0150. The fourth-order valence-corrected chi connectivity index (χ4v) is 4.82. The molecule has 5 heteroatoms. The van der Waals surface area contributed by atoms with E-state index < -0.39 is 6.29 Å². The largest absolute Gasteiger partial charge is 0.491 e. The molecule has 0 aromatic heterocycles. The number of aliphatic hydroxyl groups excluding tert-OH is 1. The zero-order chi connectivity index (χ0) is 16.1. The van der Waals surface area contributed by atoms with Crippen molar-refractivity contribution >= 4 is 21.7 Å². The maximum absolute atomic E-state index is 9.78. The number of hydrogen-bond acceptors (Lipinski definition) is 4. The van der Waals surface area contributed by atoms with Gasteiger partial charge in [-0.05, 0) is 25.1 Å². The number of rotatable bonds is 6. The van der Waals surface area contributed by atoms with Crippen molar-refractivity contribution in [2.75, 3.05) is 37.9 Å². The monoisotopic (exact) mass is 335 g/mol. The molecule has 0 radical (unpaired) electrons. The molecular weight excluding hydrogens is 312 g/mol. The van der Waals surface area contributed by atoms with Crippen molar-refractivity contribution in [1.82, 2.24) is 0 Å². The smallest absolute Gasteiger partial charge is 0.200 e. The highest BCUT2D eigenvalue weighted by Crippen LogP contribution is 2.33. The molecule has 1 aliphatic rings. The summed E-state index contributed by atoms with van der Waals surface area (Å²) in [6.07, 6.45) is -0.645. The molecule has 4 nitrogen and oxygen atoms in total. The van der Waals surface area contributed by atoms with Gasteiger partial charge in [0.25, 0.3) is 0 Å². The maximum Gasteiger partial charge on any atom is 0.200 e. The molecule has 2 aromatic rings. The van der Waals surface area contributed by atoms with Gasteiger partial charge in [0.05, 0.1) is 13.2 Å². The summed E-state index contributed by atoms with van der Waals surface area (Å²) in [6, 6.07) is 12.5. The molecule has 1 heterocycles. The molecule has 1 saturated heterocycles. The third kappa shape index (κ3) is 3.98. The molecule has 0 saturated carbocycles.